The van der Waals surface area contributed by atoms with Crippen LogP contribution in [0.3, 0.4) is 0 Å². The number of methoxy groups -OCH3 is 1. The Balaban J connectivity index is 2.14. The van der Waals surface area contributed by atoms with Crippen LogP contribution in [0.1, 0.15) is 11.3 Å². The van der Waals surface area contributed by atoms with E-state index in [0.29, 0.717) is 17.0 Å². The second-order valence-electron chi connectivity index (χ2n) is 4.35. The van der Waals surface area contributed by atoms with Crippen molar-refractivity contribution in [2.24, 2.45) is 0 Å². The Morgan fingerprint density at radius 2 is 2.14 bits per heavy atom. The number of ether oxygens (including phenoxy) is 1. The lowest BCUT2D eigenvalue weighted by Crippen LogP contribution is -2.24. The number of anilines is 1. The van der Waals surface area contributed by atoms with Crippen LogP contribution in [-0.4, -0.2) is 27.6 Å². The first-order valence-electron chi connectivity index (χ1n) is 6.22. The quantitative estimate of drug-likeness (QED) is 0.848. The standard InChI is InChI=1S/C13H17N3O3S2/c1-9-6-11(19-3)4-5-12(9)21(17,18)15-7-10-8-20-13(14-2)16-10/h4-6,8,15H,7H2,1-3H3,(H,14,16). The van der Waals surface area contributed by atoms with Gasteiger partial charge in [0.1, 0.15) is 5.75 Å². The van der Waals surface area contributed by atoms with Gasteiger partial charge in [-0.05, 0) is 30.7 Å². The zero-order chi connectivity index (χ0) is 15.5. The number of rotatable bonds is 6. The van der Waals surface area contributed by atoms with Gasteiger partial charge in [-0.3, -0.25) is 0 Å². The molecule has 2 aromatic rings. The van der Waals surface area contributed by atoms with Gasteiger partial charge in [0.05, 0.1) is 24.2 Å². The number of hydrogen-bond donors (Lipinski definition) is 2. The lowest BCUT2D eigenvalue weighted by molar-refractivity contribution is 0.414. The fourth-order valence-electron chi connectivity index (χ4n) is 1.80. The summed E-state index contributed by atoms with van der Waals surface area (Å²) in [6.45, 7) is 1.89. The van der Waals surface area contributed by atoms with Crippen LogP contribution >= 0.6 is 11.3 Å². The molecule has 2 N–H and O–H groups in total. The highest BCUT2D eigenvalue weighted by Crippen LogP contribution is 2.21. The summed E-state index contributed by atoms with van der Waals surface area (Å²) in [4.78, 5) is 4.48. The predicted molar refractivity (Wildman–Crippen MR) is 83.4 cm³/mol. The number of nitrogens with zero attached hydrogens (tertiary/aromatic N) is 1. The normalized spacial score (nSPS) is 11.4. The summed E-state index contributed by atoms with van der Waals surface area (Å²) in [5.74, 6) is 0.629. The van der Waals surface area contributed by atoms with Crippen molar-refractivity contribution in [2.75, 3.05) is 19.5 Å². The number of benzene rings is 1. The van der Waals surface area contributed by atoms with E-state index in [9.17, 15) is 8.42 Å². The highest BCUT2D eigenvalue weighted by molar-refractivity contribution is 7.89. The molecular formula is C13H17N3O3S2. The molecule has 0 spiro atoms. The topological polar surface area (TPSA) is 80.3 Å². The molecule has 2 rings (SSSR count). The summed E-state index contributed by atoms with van der Waals surface area (Å²) in [5, 5.41) is 5.48. The van der Waals surface area contributed by atoms with Crippen LogP contribution in [-0.2, 0) is 16.6 Å². The second-order valence-corrected chi connectivity index (χ2v) is 6.94. The highest BCUT2D eigenvalue weighted by atomic mass is 32.2. The van der Waals surface area contributed by atoms with Crippen molar-refractivity contribution >= 4 is 26.5 Å². The molecule has 114 valence electrons. The Labute approximate surface area is 128 Å². The third-order valence-electron chi connectivity index (χ3n) is 2.88. The number of sulfonamides is 1. The van der Waals surface area contributed by atoms with Gasteiger partial charge in [0.2, 0.25) is 10.0 Å². The van der Waals surface area contributed by atoms with E-state index in [-0.39, 0.29) is 11.4 Å². The van der Waals surface area contributed by atoms with Crippen LogP contribution in [0.5, 0.6) is 5.75 Å². The van der Waals surface area contributed by atoms with Crippen LogP contribution in [0, 0.1) is 6.92 Å². The minimum absolute atomic E-state index is 0.159. The highest BCUT2D eigenvalue weighted by Gasteiger charge is 2.17. The average molecular weight is 327 g/mol. The molecule has 0 radical (unpaired) electrons. The van der Waals surface area contributed by atoms with E-state index >= 15 is 0 Å². The Morgan fingerprint density at radius 3 is 2.71 bits per heavy atom. The van der Waals surface area contributed by atoms with E-state index in [2.05, 4.69) is 15.0 Å². The maximum Gasteiger partial charge on any atom is 0.241 e. The molecule has 0 aliphatic rings. The van der Waals surface area contributed by atoms with Crippen molar-refractivity contribution in [2.45, 2.75) is 18.4 Å². The Bertz CT molecular complexity index is 726. The predicted octanol–water partition coefficient (Wildman–Crippen LogP) is 1.98. The third-order valence-corrected chi connectivity index (χ3v) is 5.35. The van der Waals surface area contributed by atoms with Crippen molar-refractivity contribution in [3.05, 3.63) is 34.8 Å². The van der Waals surface area contributed by atoms with Gasteiger partial charge in [-0.15, -0.1) is 11.3 Å². The fraction of sp³-hybridized carbons (Fsp3) is 0.308. The lowest BCUT2D eigenvalue weighted by atomic mass is 10.2. The number of aryl methyl sites for hydroxylation is 1. The van der Waals surface area contributed by atoms with E-state index in [1.165, 1.54) is 17.4 Å². The molecule has 0 aliphatic heterocycles. The SMILES string of the molecule is CNc1nc(CNS(=O)(=O)c2ccc(OC)cc2C)cs1. The van der Waals surface area contributed by atoms with Crippen molar-refractivity contribution in [3.63, 3.8) is 0 Å². The molecule has 0 aliphatic carbocycles. The van der Waals surface area contributed by atoms with E-state index in [1.54, 1.807) is 33.2 Å². The summed E-state index contributed by atoms with van der Waals surface area (Å²) in [7, 11) is -0.257. The van der Waals surface area contributed by atoms with E-state index in [1.807, 2.05) is 5.38 Å². The maximum absolute atomic E-state index is 12.3. The Morgan fingerprint density at radius 1 is 1.38 bits per heavy atom. The van der Waals surface area contributed by atoms with Gasteiger partial charge in [0, 0.05) is 12.4 Å². The van der Waals surface area contributed by atoms with Crippen LogP contribution in [0.15, 0.2) is 28.5 Å². The van der Waals surface area contributed by atoms with Crippen molar-refractivity contribution < 1.29 is 13.2 Å². The van der Waals surface area contributed by atoms with Crippen molar-refractivity contribution in [1.82, 2.24) is 9.71 Å². The molecule has 1 heterocycles. The Hall–Kier alpha value is -1.64. The average Bonchev–Trinajstić information content (AvgIpc) is 2.93. The number of aromatic nitrogens is 1. The van der Waals surface area contributed by atoms with Crippen LogP contribution in [0.25, 0.3) is 0 Å². The molecular weight excluding hydrogens is 310 g/mol. The monoisotopic (exact) mass is 327 g/mol. The first-order chi connectivity index (χ1) is 9.96. The van der Waals surface area contributed by atoms with Gasteiger partial charge in [0.15, 0.2) is 5.13 Å². The Kier molecular flexibility index (Phi) is 4.81. The molecule has 1 aromatic heterocycles. The van der Waals surface area contributed by atoms with Gasteiger partial charge >= 0.3 is 0 Å². The first-order valence-corrected chi connectivity index (χ1v) is 8.59. The fourth-order valence-corrected chi connectivity index (χ4v) is 3.69. The van der Waals surface area contributed by atoms with Crippen molar-refractivity contribution in [3.8, 4) is 5.75 Å². The molecule has 8 heteroatoms. The molecule has 0 bridgehead atoms. The van der Waals surface area contributed by atoms with Gasteiger partial charge in [-0.1, -0.05) is 0 Å². The third kappa shape index (κ3) is 3.72. The molecule has 0 atom stereocenters. The van der Waals surface area contributed by atoms with Gasteiger partial charge < -0.3 is 10.1 Å². The summed E-state index contributed by atoms with van der Waals surface area (Å²) < 4.78 is 32.3. The van der Waals surface area contributed by atoms with E-state index in [0.717, 1.165) is 5.13 Å². The van der Waals surface area contributed by atoms with Crippen molar-refractivity contribution in [1.29, 1.82) is 0 Å². The molecule has 0 saturated heterocycles. The van der Waals surface area contributed by atoms with Crippen LogP contribution in [0.4, 0.5) is 5.13 Å². The summed E-state index contributed by atoms with van der Waals surface area (Å²) in [6.07, 6.45) is 0. The summed E-state index contributed by atoms with van der Waals surface area (Å²) >= 11 is 1.43. The summed E-state index contributed by atoms with van der Waals surface area (Å²) in [6, 6.07) is 4.86. The van der Waals surface area contributed by atoms with Crippen LogP contribution in [0.2, 0.25) is 0 Å². The molecule has 0 amide bonds. The zero-order valence-corrected chi connectivity index (χ0v) is 13.6. The van der Waals surface area contributed by atoms with E-state index < -0.39 is 10.0 Å². The minimum Gasteiger partial charge on any atom is -0.497 e. The maximum atomic E-state index is 12.3. The number of nitrogens with one attached hydrogen (secondary N) is 2. The molecule has 0 fully saturated rings. The van der Waals surface area contributed by atoms with Crippen LogP contribution < -0.4 is 14.8 Å². The van der Waals surface area contributed by atoms with E-state index in [4.69, 9.17) is 4.74 Å². The largest absolute Gasteiger partial charge is 0.497 e. The van der Waals surface area contributed by atoms with Gasteiger partial charge in [-0.2, -0.15) is 0 Å². The zero-order valence-electron chi connectivity index (χ0n) is 12.0. The minimum atomic E-state index is -3.57. The molecule has 0 unspecified atom stereocenters. The number of thiazole rings is 1. The first kappa shape index (κ1) is 15.7. The molecule has 1 aromatic carbocycles. The molecule has 0 saturated carbocycles. The summed E-state index contributed by atoms with van der Waals surface area (Å²) in [5.41, 5.74) is 1.31. The second kappa shape index (κ2) is 6.42. The van der Waals surface area contributed by atoms with Gasteiger partial charge in [0.25, 0.3) is 0 Å². The molecule has 6 nitrogen and oxygen atoms in total. The molecule has 21 heavy (non-hydrogen) atoms. The lowest BCUT2D eigenvalue weighted by Gasteiger charge is -2.09. The van der Waals surface area contributed by atoms with Gasteiger partial charge in [-0.25, -0.2) is 18.1 Å². The smallest absolute Gasteiger partial charge is 0.241 e. The number of hydrogen-bond acceptors (Lipinski definition) is 6.